The molecule has 4 N–H and O–H groups in total. The van der Waals surface area contributed by atoms with Gasteiger partial charge >= 0.3 is 0 Å². The minimum absolute atomic E-state index is 0.112. The Morgan fingerprint density at radius 3 is 2.47 bits per heavy atom. The van der Waals surface area contributed by atoms with Crippen molar-refractivity contribution in [2.45, 2.75) is 26.8 Å². The predicted molar refractivity (Wildman–Crippen MR) is 134 cm³/mol. The molecule has 0 amide bonds. The number of nitrogen functional groups attached to an aromatic ring is 1. The maximum atomic E-state index is 10.4. The maximum absolute atomic E-state index is 10.4. The Morgan fingerprint density at radius 1 is 1.00 bits per heavy atom. The summed E-state index contributed by atoms with van der Waals surface area (Å²) in [6.07, 6.45) is 1.05. The lowest BCUT2D eigenvalue weighted by Gasteiger charge is -2.20. The van der Waals surface area contributed by atoms with Crippen LogP contribution >= 0.6 is 0 Å². The van der Waals surface area contributed by atoms with Crippen molar-refractivity contribution in [3.63, 3.8) is 0 Å². The van der Waals surface area contributed by atoms with Gasteiger partial charge in [-0.2, -0.15) is 0 Å². The van der Waals surface area contributed by atoms with Gasteiger partial charge in [-0.3, -0.25) is 9.89 Å². The summed E-state index contributed by atoms with van der Waals surface area (Å²) in [5, 5.41) is 11.3. The van der Waals surface area contributed by atoms with Gasteiger partial charge in [0.2, 0.25) is 0 Å². The largest absolute Gasteiger partial charge is 0.494 e. The smallest absolute Gasteiger partial charge is 0.198 e. The molecule has 1 heterocycles. The zero-order valence-corrected chi connectivity index (χ0v) is 18.7. The lowest BCUT2D eigenvalue weighted by atomic mass is 10.1. The first-order valence-electron chi connectivity index (χ1n) is 11.0. The highest BCUT2D eigenvalue weighted by atomic mass is 16.3. The minimum Gasteiger partial charge on any atom is -0.494 e. The fourth-order valence-electron chi connectivity index (χ4n) is 4.03. The predicted octanol–water partition coefficient (Wildman–Crippen LogP) is 5.66. The van der Waals surface area contributed by atoms with Crippen LogP contribution in [0.2, 0.25) is 0 Å². The normalized spacial score (nSPS) is 12.0. The van der Waals surface area contributed by atoms with Crippen molar-refractivity contribution < 1.29 is 5.11 Å². The molecule has 32 heavy (non-hydrogen) atoms. The number of fused-ring (bicyclic) bond motifs is 1. The molecule has 0 spiro atoms. The number of nitrogens with two attached hydrogens (primary N) is 1. The molecule has 0 saturated heterocycles. The summed E-state index contributed by atoms with van der Waals surface area (Å²) in [4.78, 5) is 10.2. The number of likely N-dealkylation sites (N-methyl/N-ethyl adjacent to an activating group) is 1. The summed E-state index contributed by atoms with van der Waals surface area (Å²) in [7, 11) is 0. The molecular formula is C27H30N4O. The van der Waals surface area contributed by atoms with Crippen molar-refractivity contribution >= 4 is 28.0 Å². The van der Waals surface area contributed by atoms with Gasteiger partial charge in [-0.25, -0.2) is 0 Å². The molecule has 0 atom stereocenters. The first kappa shape index (κ1) is 21.7. The molecule has 3 aromatic carbocycles. The van der Waals surface area contributed by atoms with Gasteiger partial charge < -0.3 is 15.8 Å². The Labute approximate surface area is 189 Å². The number of H-pyrrole nitrogens is 1. The number of rotatable bonds is 8. The van der Waals surface area contributed by atoms with Crippen molar-refractivity contribution in [1.29, 1.82) is 0 Å². The van der Waals surface area contributed by atoms with Crippen molar-refractivity contribution in [2.75, 3.05) is 18.8 Å². The summed E-state index contributed by atoms with van der Waals surface area (Å²) >= 11 is 0. The van der Waals surface area contributed by atoms with Crippen molar-refractivity contribution in [1.82, 2.24) is 9.88 Å². The van der Waals surface area contributed by atoms with Crippen LogP contribution in [0, 0.1) is 0 Å². The lowest BCUT2D eigenvalue weighted by Crippen LogP contribution is -2.25. The van der Waals surface area contributed by atoms with Gasteiger partial charge in [-0.1, -0.05) is 49.4 Å². The molecule has 0 aliphatic rings. The molecule has 5 heteroatoms. The van der Waals surface area contributed by atoms with Crippen LogP contribution in [0.3, 0.4) is 0 Å². The number of hydrogen-bond donors (Lipinski definition) is 3. The fraction of sp³-hybridized carbons (Fsp3) is 0.222. The van der Waals surface area contributed by atoms with Crippen molar-refractivity contribution in [3.8, 4) is 5.88 Å². The molecule has 0 saturated carbocycles. The molecule has 4 aromatic rings. The highest BCUT2D eigenvalue weighted by molar-refractivity contribution is 6.13. The average Bonchev–Trinajstić information content (AvgIpc) is 3.13. The Balaban J connectivity index is 1.46. The van der Waals surface area contributed by atoms with Gasteiger partial charge in [0.1, 0.15) is 0 Å². The van der Waals surface area contributed by atoms with Crippen LogP contribution in [0.25, 0.3) is 10.9 Å². The number of aromatic hydroxyl groups is 1. The van der Waals surface area contributed by atoms with Crippen LogP contribution in [0.1, 0.15) is 30.5 Å². The van der Waals surface area contributed by atoms with Gasteiger partial charge in [0, 0.05) is 29.7 Å². The molecule has 0 bridgehead atoms. The highest BCUT2D eigenvalue weighted by Crippen LogP contribution is 2.30. The van der Waals surface area contributed by atoms with Gasteiger partial charge in [0.15, 0.2) is 5.88 Å². The Kier molecular flexibility index (Phi) is 6.57. The average molecular weight is 427 g/mol. The van der Waals surface area contributed by atoms with E-state index in [9.17, 15) is 5.11 Å². The van der Waals surface area contributed by atoms with Gasteiger partial charge in [-0.05, 0) is 61.3 Å². The molecule has 5 nitrogen and oxygen atoms in total. The zero-order chi connectivity index (χ0) is 22.5. The van der Waals surface area contributed by atoms with E-state index < -0.39 is 0 Å². The molecule has 0 fully saturated rings. The number of nitrogens with one attached hydrogen (secondary N) is 1. The highest BCUT2D eigenvalue weighted by Gasteiger charge is 2.14. The fourth-order valence-corrected chi connectivity index (χ4v) is 4.03. The Bertz CT molecular complexity index is 1210. The van der Waals surface area contributed by atoms with Crippen LogP contribution in [-0.2, 0) is 13.0 Å². The Morgan fingerprint density at radius 2 is 1.75 bits per heavy atom. The second kappa shape index (κ2) is 9.71. The van der Waals surface area contributed by atoms with Crippen LogP contribution in [0.15, 0.2) is 77.8 Å². The molecular weight excluding hydrogens is 396 g/mol. The zero-order valence-electron chi connectivity index (χ0n) is 18.7. The van der Waals surface area contributed by atoms with Crippen LogP contribution < -0.4 is 5.73 Å². The molecule has 4 rings (SSSR count). The Hall–Kier alpha value is -3.57. The number of anilines is 1. The van der Waals surface area contributed by atoms with E-state index in [2.05, 4.69) is 59.3 Å². The van der Waals surface area contributed by atoms with E-state index in [1.54, 1.807) is 0 Å². The number of hydrogen-bond acceptors (Lipinski definition) is 4. The molecule has 0 aliphatic carbocycles. The summed E-state index contributed by atoms with van der Waals surface area (Å²) < 4.78 is 0. The van der Waals surface area contributed by atoms with E-state index in [4.69, 9.17) is 10.7 Å². The SMILES string of the molecule is CCN(CCc1ccccc1)Cc1ccc(N=C(C)c2c(O)[nH]c3ccc(N)cc23)cc1. The molecule has 164 valence electrons. The van der Waals surface area contributed by atoms with Crippen molar-refractivity contribution in [3.05, 3.63) is 89.5 Å². The monoisotopic (exact) mass is 426 g/mol. The summed E-state index contributed by atoms with van der Waals surface area (Å²) in [6.45, 7) is 7.06. The van der Waals surface area contributed by atoms with E-state index in [1.165, 1.54) is 11.1 Å². The van der Waals surface area contributed by atoms with Crippen LogP contribution in [-0.4, -0.2) is 33.8 Å². The van der Waals surface area contributed by atoms with E-state index in [0.29, 0.717) is 11.3 Å². The van der Waals surface area contributed by atoms with E-state index in [-0.39, 0.29) is 5.88 Å². The third kappa shape index (κ3) is 5.01. The number of benzene rings is 3. The molecule has 0 aliphatic heterocycles. The van der Waals surface area contributed by atoms with Gasteiger partial charge in [-0.15, -0.1) is 0 Å². The third-order valence-electron chi connectivity index (χ3n) is 5.81. The van der Waals surface area contributed by atoms with E-state index >= 15 is 0 Å². The van der Waals surface area contributed by atoms with Gasteiger partial charge in [0.05, 0.1) is 17.0 Å². The molecule has 0 radical (unpaired) electrons. The summed E-state index contributed by atoms with van der Waals surface area (Å²) in [5.41, 5.74) is 12.4. The number of aromatic amines is 1. The number of nitrogens with zero attached hydrogens (tertiary/aromatic N) is 2. The van der Waals surface area contributed by atoms with Crippen LogP contribution in [0.4, 0.5) is 11.4 Å². The number of aliphatic imine (C=N–C) groups is 1. The summed E-state index contributed by atoms with van der Waals surface area (Å²) in [6, 6.07) is 24.5. The molecule has 0 unspecified atom stereocenters. The standard InChI is InChI=1S/C27H30N4O/c1-3-31(16-15-20-7-5-4-6-8-20)18-21-9-12-23(13-10-21)29-19(2)26-24-17-22(28)11-14-25(24)30-27(26)32/h4-14,17,30,32H,3,15-16,18,28H2,1-2H3. The van der Waals surface area contributed by atoms with Gasteiger partial charge in [0.25, 0.3) is 0 Å². The maximum Gasteiger partial charge on any atom is 0.198 e. The summed E-state index contributed by atoms with van der Waals surface area (Å²) in [5.74, 6) is 0.112. The van der Waals surface area contributed by atoms with E-state index in [0.717, 1.165) is 48.4 Å². The third-order valence-corrected chi connectivity index (χ3v) is 5.81. The molecule has 1 aromatic heterocycles. The first-order valence-corrected chi connectivity index (χ1v) is 11.0. The quantitative estimate of drug-likeness (QED) is 0.251. The first-order chi connectivity index (χ1) is 15.5. The lowest BCUT2D eigenvalue weighted by molar-refractivity contribution is 0.283. The second-order valence-corrected chi connectivity index (χ2v) is 8.12. The van der Waals surface area contributed by atoms with Crippen molar-refractivity contribution in [2.24, 2.45) is 4.99 Å². The van der Waals surface area contributed by atoms with E-state index in [1.807, 2.05) is 37.3 Å². The second-order valence-electron chi connectivity index (χ2n) is 8.12. The van der Waals surface area contributed by atoms with Crippen LogP contribution in [0.5, 0.6) is 5.88 Å². The minimum atomic E-state index is 0.112. The number of aromatic nitrogens is 1. The topological polar surface area (TPSA) is 77.6 Å².